The predicted molar refractivity (Wildman–Crippen MR) is 83.1 cm³/mol. The van der Waals surface area contributed by atoms with Gasteiger partial charge in [-0.05, 0) is 45.8 Å². The van der Waals surface area contributed by atoms with E-state index in [1.54, 1.807) is 36.4 Å². The van der Waals surface area contributed by atoms with Crippen molar-refractivity contribution in [2.75, 3.05) is 0 Å². The Morgan fingerprint density at radius 2 is 1.80 bits per heavy atom. The second-order valence-electron chi connectivity index (χ2n) is 4.09. The predicted octanol–water partition coefficient (Wildman–Crippen LogP) is 4.68. The molecule has 0 atom stereocenters. The van der Waals surface area contributed by atoms with E-state index < -0.39 is 5.97 Å². The molecule has 0 aliphatic carbocycles. The quantitative estimate of drug-likeness (QED) is 0.788. The molecule has 5 heteroatoms. The van der Waals surface area contributed by atoms with Gasteiger partial charge in [0, 0.05) is 10.6 Å². The molecule has 0 saturated carbocycles. The summed E-state index contributed by atoms with van der Waals surface area (Å²) in [6.07, 6.45) is 3.48. The van der Waals surface area contributed by atoms with Crippen LogP contribution in [-0.2, 0) is 0 Å². The lowest BCUT2D eigenvalue weighted by atomic mass is 10.1. The number of carbonyl (C=O) groups is 1. The average Bonchev–Trinajstić information content (AvgIpc) is 2.41. The van der Waals surface area contributed by atoms with Crippen LogP contribution in [0.2, 0.25) is 5.02 Å². The minimum atomic E-state index is -0.961. The Morgan fingerprint density at radius 3 is 2.40 bits per heavy atom. The summed E-state index contributed by atoms with van der Waals surface area (Å²) in [5, 5.41) is 19.2. The van der Waals surface area contributed by atoms with Crippen LogP contribution in [0.4, 0.5) is 0 Å². The molecule has 0 aliphatic rings. The van der Waals surface area contributed by atoms with Gasteiger partial charge in [0.05, 0.1) is 10.0 Å². The van der Waals surface area contributed by atoms with Gasteiger partial charge in [-0.15, -0.1) is 0 Å². The Hall–Kier alpha value is -1.78. The molecular formula is C15H10BrClO3. The minimum absolute atomic E-state index is 0.104. The first-order valence-corrected chi connectivity index (χ1v) is 6.84. The fourth-order valence-electron chi connectivity index (χ4n) is 1.64. The molecule has 2 rings (SSSR count). The molecule has 0 bridgehead atoms. The number of aromatic carboxylic acids is 1. The zero-order valence-corrected chi connectivity index (χ0v) is 12.5. The number of phenols is 1. The van der Waals surface area contributed by atoms with Crippen molar-refractivity contribution in [3.63, 3.8) is 0 Å². The molecule has 0 spiro atoms. The summed E-state index contributed by atoms with van der Waals surface area (Å²) in [7, 11) is 0. The minimum Gasteiger partial charge on any atom is -0.506 e. The highest BCUT2D eigenvalue weighted by Gasteiger charge is 2.05. The fourth-order valence-corrected chi connectivity index (χ4v) is 2.47. The standard InChI is InChI=1S/C15H10BrClO3/c16-13-8-12(17)7-11(14(13)18)6-3-9-1-4-10(5-2-9)15(19)20/h1-8,18H,(H,19,20)/b6-3+. The third kappa shape index (κ3) is 3.40. The lowest BCUT2D eigenvalue weighted by Crippen LogP contribution is -1.94. The smallest absolute Gasteiger partial charge is 0.335 e. The van der Waals surface area contributed by atoms with E-state index in [9.17, 15) is 9.90 Å². The maximum Gasteiger partial charge on any atom is 0.335 e. The number of hydrogen-bond acceptors (Lipinski definition) is 2. The Morgan fingerprint density at radius 1 is 1.15 bits per heavy atom. The SMILES string of the molecule is O=C(O)c1ccc(/C=C/c2cc(Cl)cc(Br)c2O)cc1. The highest BCUT2D eigenvalue weighted by Crippen LogP contribution is 2.32. The molecule has 0 aromatic heterocycles. The van der Waals surface area contributed by atoms with Gasteiger partial charge in [-0.3, -0.25) is 0 Å². The molecule has 0 heterocycles. The number of hydrogen-bond donors (Lipinski definition) is 2. The van der Waals surface area contributed by atoms with Gasteiger partial charge in [-0.1, -0.05) is 35.9 Å². The molecule has 3 nitrogen and oxygen atoms in total. The topological polar surface area (TPSA) is 57.5 Å². The molecular weight excluding hydrogens is 344 g/mol. The van der Waals surface area contributed by atoms with Crippen molar-refractivity contribution in [2.45, 2.75) is 0 Å². The molecule has 0 unspecified atom stereocenters. The number of phenolic OH excluding ortho intramolecular Hbond substituents is 1. The van der Waals surface area contributed by atoms with Crippen molar-refractivity contribution in [3.8, 4) is 5.75 Å². The van der Waals surface area contributed by atoms with E-state index in [1.165, 1.54) is 12.1 Å². The molecule has 2 aromatic rings. The second-order valence-corrected chi connectivity index (χ2v) is 5.38. The Balaban J connectivity index is 2.27. The van der Waals surface area contributed by atoms with Crippen LogP contribution in [-0.4, -0.2) is 16.2 Å². The third-order valence-electron chi connectivity index (χ3n) is 2.67. The van der Waals surface area contributed by atoms with E-state index in [1.807, 2.05) is 0 Å². The van der Waals surface area contributed by atoms with Gasteiger partial charge in [0.25, 0.3) is 0 Å². The second kappa shape index (κ2) is 6.11. The Kier molecular flexibility index (Phi) is 4.47. The normalized spacial score (nSPS) is 10.9. The molecule has 0 aliphatic heterocycles. The molecule has 0 fully saturated rings. The maximum atomic E-state index is 10.7. The summed E-state index contributed by atoms with van der Waals surface area (Å²) < 4.78 is 0.519. The van der Waals surface area contributed by atoms with Gasteiger partial charge >= 0.3 is 5.97 Å². The highest BCUT2D eigenvalue weighted by molar-refractivity contribution is 9.10. The van der Waals surface area contributed by atoms with Crippen LogP contribution in [0.3, 0.4) is 0 Å². The first-order chi connectivity index (χ1) is 9.47. The maximum absolute atomic E-state index is 10.7. The number of rotatable bonds is 3. The van der Waals surface area contributed by atoms with Crippen LogP contribution in [0.25, 0.3) is 12.2 Å². The lowest BCUT2D eigenvalue weighted by Gasteiger charge is -2.03. The number of aromatic hydroxyl groups is 1. The molecule has 0 saturated heterocycles. The molecule has 0 amide bonds. The summed E-state index contributed by atoms with van der Waals surface area (Å²) in [5.41, 5.74) is 1.63. The van der Waals surface area contributed by atoms with E-state index in [-0.39, 0.29) is 11.3 Å². The van der Waals surface area contributed by atoms with Crippen LogP contribution in [0.15, 0.2) is 40.9 Å². The van der Waals surface area contributed by atoms with E-state index >= 15 is 0 Å². The van der Waals surface area contributed by atoms with E-state index in [0.717, 1.165) is 5.56 Å². The summed E-state index contributed by atoms with van der Waals surface area (Å²) in [4.78, 5) is 10.7. The lowest BCUT2D eigenvalue weighted by molar-refractivity contribution is 0.0697. The van der Waals surface area contributed by atoms with Crippen LogP contribution in [0.1, 0.15) is 21.5 Å². The van der Waals surface area contributed by atoms with Crippen molar-refractivity contribution in [1.82, 2.24) is 0 Å². The van der Waals surface area contributed by atoms with Crippen LogP contribution < -0.4 is 0 Å². The first-order valence-electron chi connectivity index (χ1n) is 5.67. The van der Waals surface area contributed by atoms with Crippen molar-refractivity contribution >= 4 is 45.7 Å². The largest absolute Gasteiger partial charge is 0.506 e. The van der Waals surface area contributed by atoms with E-state index in [2.05, 4.69) is 15.9 Å². The zero-order chi connectivity index (χ0) is 14.7. The third-order valence-corrected chi connectivity index (χ3v) is 3.49. The molecule has 20 heavy (non-hydrogen) atoms. The monoisotopic (exact) mass is 352 g/mol. The summed E-state index contributed by atoms with van der Waals surface area (Å²) in [6, 6.07) is 9.68. The van der Waals surface area contributed by atoms with Crippen molar-refractivity contribution in [2.24, 2.45) is 0 Å². The summed E-state index contributed by atoms with van der Waals surface area (Å²) in [5.74, 6) is -0.857. The van der Waals surface area contributed by atoms with Crippen molar-refractivity contribution in [3.05, 3.63) is 62.6 Å². The van der Waals surface area contributed by atoms with Crippen molar-refractivity contribution < 1.29 is 15.0 Å². The van der Waals surface area contributed by atoms with E-state index in [4.69, 9.17) is 16.7 Å². The Labute approximate surface area is 129 Å². The zero-order valence-electron chi connectivity index (χ0n) is 10.2. The molecule has 2 N–H and O–H groups in total. The van der Waals surface area contributed by atoms with Gasteiger partial charge in [0.1, 0.15) is 5.75 Å². The number of benzene rings is 2. The van der Waals surface area contributed by atoms with Crippen LogP contribution in [0.5, 0.6) is 5.75 Å². The fraction of sp³-hybridized carbons (Fsp3) is 0. The summed E-state index contributed by atoms with van der Waals surface area (Å²) >= 11 is 9.13. The van der Waals surface area contributed by atoms with E-state index in [0.29, 0.717) is 15.1 Å². The van der Waals surface area contributed by atoms with Crippen molar-refractivity contribution in [1.29, 1.82) is 0 Å². The van der Waals surface area contributed by atoms with Crippen LogP contribution in [0, 0.1) is 0 Å². The van der Waals surface area contributed by atoms with Gasteiger partial charge in [-0.2, -0.15) is 0 Å². The molecule has 2 aromatic carbocycles. The Bertz CT molecular complexity index is 678. The van der Waals surface area contributed by atoms with Gasteiger partial charge < -0.3 is 10.2 Å². The molecule has 0 radical (unpaired) electrons. The first kappa shape index (κ1) is 14.6. The highest BCUT2D eigenvalue weighted by atomic mass is 79.9. The number of carboxylic acid groups (broad SMARTS) is 1. The molecule has 102 valence electrons. The van der Waals surface area contributed by atoms with Gasteiger partial charge in [-0.25, -0.2) is 4.79 Å². The van der Waals surface area contributed by atoms with Gasteiger partial charge in [0.2, 0.25) is 0 Å². The summed E-state index contributed by atoms with van der Waals surface area (Å²) in [6.45, 7) is 0. The number of carboxylic acids is 1. The van der Waals surface area contributed by atoms with Crippen LogP contribution >= 0.6 is 27.5 Å². The van der Waals surface area contributed by atoms with Gasteiger partial charge in [0.15, 0.2) is 0 Å². The average molecular weight is 354 g/mol. The number of halogens is 2.